The molecule has 2 aromatic rings. The lowest BCUT2D eigenvalue weighted by atomic mass is 10.1. The van der Waals surface area contributed by atoms with Crippen molar-refractivity contribution in [3.63, 3.8) is 0 Å². The Labute approximate surface area is 158 Å². The number of carbonyl (C=O) groups excluding carboxylic acids is 2. The van der Waals surface area contributed by atoms with E-state index in [0.717, 1.165) is 18.4 Å². The quantitative estimate of drug-likeness (QED) is 0.736. The average molecular weight is 366 g/mol. The fraction of sp³-hybridized carbons (Fsp3) is 0.238. The predicted molar refractivity (Wildman–Crippen MR) is 102 cm³/mol. The van der Waals surface area contributed by atoms with Crippen LogP contribution in [-0.4, -0.2) is 25.5 Å². The number of aryl methyl sites for hydroxylation is 1. The third-order valence-electron chi connectivity index (χ3n) is 4.43. The van der Waals surface area contributed by atoms with Gasteiger partial charge in [0.1, 0.15) is 0 Å². The number of rotatable bonds is 7. The van der Waals surface area contributed by atoms with E-state index in [4.69, 9.17) is 15.2 Å². The van der Waals surface area contributed by atoms with Gasteiger partial charge in [-0.3, -0.25) is 9.59 Å². The van der Waals surface area contributed by atoms with Crippen molar-refractivity contribution in [3.8, 4) is 11.5 Å². The maximum absolute atomic E-state index is 12.3. The molecule has 2 amide bonds. The summed E-state index contributed by atoms with van der Waals surface area (Å²) in [7, 11) is 1.50. The molecule has 0 fully saturated rings. The first kappa shape index (κ1) is 18.5. The molecule has 0 aliphatic heterocycles. The minimum atomic E-state index is -0.564. The van der Waals surface area contributed by atoms with Crippen molar-refractivity contribution < 1.29 is 19.1 Å². The number of hydrogen-bond donors (Lipinski definition) is 2. The SMILES string of the molecule is COc1cc(/C=C/C(=O)NC2CCc3ccccc32)ccc1OCC(N)=O. The number of ether oxygens (including phenoxy) is 2. The highest BCUT2D eigenvalue weighted by molar-refractivity contribution is 5.92. The van der Waals surface area contributed by atoms with Crippen molar-refractivity contribution in [3.05, 3.63) is 65.2 Å². The van der Waals surface area contributed by atoms with E-state index in [2.05, 4.69) is 17.4 Å². The maximum atomic E-state index is 12.3. The Kier molecular flexibility index (Phi) is 5.76. The first-order chi connectivity index (χ1) is 13.1. The molecule has 1 unspecified atom stereocenters. The summed E-state index contributed by atoms with van der Waals surface area (Å²) < 4.78 is 10.5. The van der Waals surface area contributed by atoms with Gasteiger partial charge in [-0.05, 0) is 47.7 Å². The lowest BCUT2D eigenvalue weighted by Gasteiger charge is -2.12. The fourth-order valence-electron chi connectivity index (χ4n) is 3.15. The summed E-state index contributed by atoms with van der Waals surface area (Å²) in [6.45, 7) is -0.225. The molecule has 140 valence electrons. The molecule has 3 N–H and O–H groups in total. The summed E-state index contributed by atoms with van der Waals surface area (Å²) in [5.74, 6) is 0.167. The van der Waals surface area contributed by atoms with Crippen molar-refractivity contribution in [2.45, 2.75) is 18.9 Å². The number of amides is 2. The number of carbonyl (C=O) groups is 2. The normalized spacial score (nSPS) is 15.4. The number of benzene rings is 2. The van der Waals surface area contributed by atoms with Crippen LogP contribution in [0, 0.1) is 0 Å². The van der Waals surface area contributed by atoms with Gasteiger partial charge < -0.3 is 20.5 Å². The third-order valence-corrected chi connectivity index (χ3v) is 4.43. The van der Waals surface area contributed by atoms with Crippen LogP contribution >= 0.6 is 0 Å². The van der Waals surface area contributed by atoms with Gasteiger partial charge in [-0.1, -0.05) is 30.3 Å². The van der Waals surface area contributed by atoms with E-state index in [1.165, 1.54) is 24.3 Å². The van der Waals surface area contributed by atoms with Gasteiger partial charge in [0.05, 0.1) is 13.2 Å². The van der Waals surface area contributed by atoms with E-state index >= 15 is 0 Å². The zero-order valence-electron chi connectivity index (χ0n) is 15.1. The topological polar surface area (TPSA) is 90.7 Å². The molecule has 0 radical (unpaired) electrons. The maximum Gasteiger partial charge on any atom is 0.255 e. The molecule has 0 aromatic heterocycles. The molecule has 27 heavy (non-hydrogen) atoms. The summed E-state index contributed by atoms with van der Waals surface area (Å²) in [6, 6.07) is 13.4. The van der Waals surface area contributed by atoms with Crippen molar-refractivity contribution >= 4 is 17.9 Å². The molecular weight excluding hydrogens is 344 g/mol. The molecule has 1 atom stereocenters. The molecule has 6 nitrogen and oxygen atoms in total. The molecule has 0 spiro atoms. The number of hydrogen-bond acceptors (Lipinski definition) is 4. The largest absolute Gasteiger partial charge is 0.493 e. The molecule has 3 rings (SSSR count). The molecule has 0 saturated carbocycles. The second kappa shape index (κ2) is 8.40. The summed E-state index contributed by atoms with van der Waals surface area (Å²) >= 11 is 0. The smallest absolute Gasteiger partial charge is 0.255 e. The lowest BCUT2D eigenvalue weighted by molar-refractivity contribution is -0.120. The highest BCUT2D eigenvalue weighted by atomic mass is 16.5. The third kappa shape index (κ3) is 4.67. The summed E-state index contributed by atoms with van der Waals surface area (Å²) in [5.41, 5.74) is 8.34. The van der Waals surface area contributed by atoms with Crippen LogP contribution in [0.25, 0.3) is 6.08 Å². The minimum Gasteiger partial charge on any atom is -0.493 e. The second-order valence-electron chi connectivity index (χ2n) is 6.30. The van der Waals surface area contributed by atoms with Crippen molar-refractivity contribution in [2.24, 2.45) is 5.73 Å². The van der Waals surface area contributed by atoms with Gasteiger partial charge in [0.25, 0.3) is 5.91 Å². The Morgan fingerprint density at radius 3 is 2.81 bits per heavy atom. The number of nitrogens with two attached hydrogens (primary N) is 1. The van der Waals surface area contributed by atoms with Gasteiger partial charge in [-0.25, -0.2) is 0 Å². The molecule has 0 heterocycles. The highest BCUT2D eigenvalue weighted by Crippen LogP contribution is 2.31. The van der Waals surface area contributed by atoms with E-state index in [1.807, 2.05) is 12.1 Å². The molecule has 1 aliphatic carbocycles. The Hall–Kier alpha value is -3.28. The Bertz CT molecular complexity index is 876. The van der Waals surface area contributed by atoms with Crippen LogP contribution < -0.4 is 20.5 Å². The van der Waals surface area contributed by atoms with Gasteiger partial charge in [0, 0.05) is 6.08 Å². The zero-order chi connectivity index (χ0) is 19.2. The standard InChI is InChI=1S/C21H22N2O4/c1-26-19-12-14(6-10-18(19)27-13-20(22)24)7-11-21(25)23-17-9-8-15-4-2-3-5-16(15)17/h2-7,10-12,17H,8-9,13H2,1H3,(H2,22,24)(H,23,25)/b11-7+. The molecule has 6 heteroatoms. The minimum absolute atomic E-state index is 0.0532. The second-order valence-corrected chi connectivity index (χ2v) is 6.30. The fourth-order valence-corrected chi connectivity index (χ4v) is 3.15. The Morgan fingerprint density at radius 2 is 2.04 bits per heavy atom. The van der Waals surface area contributed by atoms with Gasteiger partial charge in [-0.15, -0.1) is 0 Å². The van der Waals surface area contributed by atoms with Crippen LogP contribution in [0.15, 0.2) is 48.5 Å². The van der Waals surface area contributed by atoms with Crippen molar-refractivity contribution in [2.75, 3.05) is 13.7 Å². The van der Waals surface area contributed by atoms with E-state index in [-0.39, 0.29) is 18.6 Å². The van der Waals surface area contributed by atoms with E-state index in [9.17, 15) is 9.59 Å². The van der Waals surface area contributed by atoms with Crippen LogP contribution in [0.5, 0.6) is 11.5 Å². The summed E-state index contributed by atoms with van der Waals surface area (Å²) in [4.78, 5) is 23.1. The molecular formula is C21H22N2O4. The van der Waals surface area contributed by atoms with Gasteiger partial charge in [-0.2, -0.15) is 0 Å². The number of primary amides is 1. The van der Waals surface area contributed by atoms with Crippen LogP contribution in [0.4, 0.5) is 0 Å². The van der Waals surface area contributed by atoms with Gasteiger partial charge in [0.2, 0.25) is 5.91 Å². The van der Waals surface area contributed by atoms with Crippen LogP contribution in [-0.2, 0) is 16.0 Å². The lowest BCUT2D eigenvalue weighted by Crippen LogP contribution is -2.25. The summed E-state index contributed by atoms with van der Waals surface area (Å²) in [5, 5.41) is 3.04. The number of methoxy groups -OCH3 is 1. The predicted octanol–water partition coefficient (Wildman–Crippen LogP) is 2.38. The first-order valence-electron chi connectivity index (χ1n) is 8.72. The van der Waals surface area contributed by atoms with Crippen LogP contribution in [0.3, 0.4) is 0 Å². The Morgan fingerprint density at radius 1 is 1.22 bits per heavy atom. The van der Waals surface area contributed by atoms with Gasteiger partial charge >= 0.3 is 0 Å². The molecule has 0 saturated heterocycles. The van der Waals surface area contributed by atoms with Gasteiger partial charge in [0.15, 0.2) is 18.1 Å². The van der Waals surface area contributed by atoms with Crippen molar-refractivity contribution in [1.82, 2.24) is 5.32 Å². The van der Waals surface area contributed by atoms with E-state index < -0.39 is 5.91 Å². The van der Waals surface area contributed by atoms with Crippen molar-refractivity contribution in [1.29, 1.82) is 0 Å². The molecule has 0 bridgehead atoms. The monoisotopic (exact) mass is 366 g/mol. The molecule has 1 aliphatic rings. The average Bonchev–Trinajstić information content (AvgIpc) is 3.08. The highest BCUT2D eigenvalue weighted by Gasteiger charge is 2.22. The Balaban J connectivity index is 1.63. The molecule has 2 aromatic carbocycles. The van der Waals surface area contributed by atoms with E-state index in [0.29, 0.717) is 11.5 Å². The number of nitrogens with one attached hydrogen (secondary N) is 1. The van der Waals surface area contributed by atoms with E-state index in [1.54, 1.807) is 24.3 Å². The zero-order valence-corrected chi connectivity index (χ0v) is 15.1. The summed E-state index contributed by atoms with van der Waals surface area (Å²) in [6.07, 6.45) is 5.10. The number of fused-ring (bicyclic) bond motifs is 1. The van der Waals surface area contributed by atoms with Crippen LogP contribution in [0.2, 0.25) is 0 Å². The first-order valence-corrected chi connectivity index (χ1v) is 8.72. The van der Waals surface area contributed by atoms with Crippen LogP contribution in [0.1, 0.15) is 29.2 Å².